The van der Waals surface area contributed by atoms with E-state index in [4.69, 9.17) is 0 Å². The molecule has 0 aromatic heterocycles. The van der Waals surface area contributed by atoms with E-state index in [1.54, 1.807) is 0 Å². The Hall–Kier alpha value is -0.640. The highest BCUT2D eigenvalue weighted by molar-refractivity contribution is 4.78. The maximum Gasteiger partial charge on any atom is 0.426 e. The van der Waals surface area contributed by atoms with E-state index in [9.17, 15) is 35.1 Å². The molecule has 0 amide bonds. The van der Waals surface area contributed by atoms with E-state index in [2.05, 4.69) is 9.47 Å². The summed E-state index contributed by atoms with van der Waals surface area (Å²) < 4.78 is 103. The van der Waals surface area contributed by atoms with Gasteiger partial charge in [0.05, 0.1) is 0 Å². The molecule has 104 valence electrons. The molecule has 2 nitrogen and oxygen atoms in total. The first-order valence-corrected chi connectivity index (χ1v) is 4.16. The standard InChI is InChI=1S/C7H8F8O2/c1-2-16-3-5(10,11)7(14,15)17-6(12,13)4(8)9/h4H,2-3H2,1H3. The minimum Gasteiger partial charge on any atom is -0.375 e. The third-order valence-corrected chi connectivity index (χ3v) is 1.43. The summed E-state index contributed by atoms with van der Waals surface area (Å²) in [6.45, 7) is -1.14. The lowest BCUT2D eigenvalue weighted by Gasteiger charge is -2.28. The topological polar surface area (TPSA) is 18.5 Å². The SMILES string of the molecule is CCOCC(F)(F)C(F)(F)OC(F)(F)C(F)F. The normalized spacial score (nSPS) is 14.5. The minimum atomic E-state index is -5.78. The number of rotatable bonds is 7. The molecule has 0 saturated carbocycles. The van der Waals surface area contributed by atoms with Crippen LogP contribution in [0.15, 0.2) is 0 Å². The average molecular weight is 276 g/mol. The Balaban J connectivity index is 4.76. The summed E-state index contributed by atoms with van der Waals surface area (Å²) in [5, 5.41) is 0. The summed E-state index contributed by atoms with van der Waals surface area (Å²) in [5.74, 6) is -5.15. The van der Waals surface area contributed by atoms with Crippen molar-refractivity contribution < 1.29 is 44.6 Å². The fourth-order valence-electron chi connectivity index (χ4n) is 0.604. The van der Waals surface area contributed by atoms with Gasteiger partial charge < -0.3 is 4.74 Å². The Bertz CT molecular complexity index is 242. The first-order valence-electron chi connectivity index (χ1n) is 4.16. The van der Waals surface area contributed by atoms with E-state index in [1.807, 2.05) is 0 Å². The van der Waals surface area contributed by atoms with Gasteiger partial charge in [-0.3, -0.25) is 0 Å². The summed E-state index contributed by atoms with van der Waals surface area (Å²) in [7, 11) is 0. The first kappa shape index (κ1) is 16.4. The van der Waals surface area contributed by atoms with Crippen LogP contribution in [0.5, 0.6) is 0 Å². The van der Waals surface area contributed by atoms with Crippen LogP contribution < -0.4 is 0 Å². The Morgan fingerprint density at radius 1 is 1.00 bits per heavy atom. The van der Waals surface area contributed by atoms with Crippen LogP contribution in [-0.4, -0.2) is 37.8 Å². The Labute approximate surface area is 90.5 Å². The van der Waals surface area contributed by atoms with Gasteiger partial charge in [-0.15, -0.1) is 0 Å². The molecule has 0 aliphatic carbocycles. The quantitative estimate of drug-likeness (QED) is 0.665. The van der Waals surface area contributed by atoms with E-state index in [-0.39, 0.29) is 0 Å². The summed E-state index contributed by atoms with van der Waals surface area (Å²) in [5.41, 5.74) is 0. The van der Waals surface area contributed by atoms with Gasteiger partial charge in [-0.05, 0) is 6.92 Å². The van der Waals surface area contributed by atoms with Gasteiger partial charge in [0, 0.05) is 6.61 Å². The van der Waals surface area contributed by atoms with E-state index in [1.165, 1.54) is 6.92 Å². The number of ether oxygens (including phenoxy) is 2. The van der Waals surface area contributed by atoms with Crippen LogP contribution in [0.4, 0.5) is 35.1 Å². The zero-order valence-electron chi connectivity index (χ0n) is 8.33. The summed E-state index contributed by atoms with van der Waals surface area (Å²) in [6, 6.07) is 0. The van der Waals surface area contributed by atoms with Crippen molar-refractivity contribution in [2.45, 2.75) is 31.5 Å². The molecule has 0 atom stereocenters. The lowest BCUT2D eigenvalue weighted by atomic mass is 10.3. The molecule has 0 unspecified atom stereocenters. The van der Waals surface area contributed by atoms with E-state index in [0.717, 1.165) is 0 Å². The van der Waals surface area contributed by atoms with Gasteiger partial charge in [-0.1, -0.05) is 0 Å². The van der Waals surface area contributed by atoms with E-state index < -0.39 is 37.8 Å². The van der Waals surface area contributed by atoms with Gasteiger partial charge in [0.2, 0.25) is 0 Å². The van der Waals surface area contributed by atoms with E-state index in [0.29, 0.717) is 0 Å². The van der Waals surface area contributed by atoms with Crippen LogP contribution in [0, 0.1) is 0 Å². The molecule has 0 aliphatic rings. The van der Waals surface area contributed by atoms with Crippen molar-refractivity contribution in [2.75, 3.05) is 13.2 Å². The fraction of sp³-hybridized carbons (Fsp3) is 1.00. The van der Waals surface area contributed by atoms with Crippen molar-refractivity contribution in [1.29, 1.82) is 0 Å². The van der Waals surface area contributed by atoms with Gasteiger partial charge in [-0.25, -0.2) is 13.5 Å². The molecule has 0 spiro atoms. The predicted octanol–water partition coefficient (Wildman–Crippen LogP) is 3.13. The molecule has 0 bridgehead atoms. The van der Waals surface area contributed by atoms with Crippen molar-refractivity contribution in [1.82, 2.24) is 0 Å². The van der Waals surface area contributed by atoms with Gasteiger partial charge in [0.25, 0.3) is 0 Å². The van der Waals surface area contributed by atoms with Crippen LogP contribution in [0.1, 0.15) is 6.92 Å². The van der Waals surface area contributed by atoms with Crippen molar-refractivity contribution in [3.63, 3.8) is 0 Å². The van der Waals surface area contributed by atoms with Crippen molar-refractivity contribution >= 4 is 0 Å². The van der Waals surface area contributed by atoms with Crippen LogP contribution >= 0.6 is 0 Å². The molecule has 0 heterocycles. The Kier molecular flexibility index (Phi) is 5.14. The first-order chi connectivity index (χ1) is 7.46. The van der Waals surface area contributed by atoms with Crippen molar-refractivity contribution in [3.8, 4) is 0 Å². The Morgan fingerprint density at radius 2 is 1.47 bits per heavy atom. The van der Waals surface area contributed by atoms with Gasteiger partial charge >= 0.3 is 24.6 Å². The predicted molar refractivity (Wildman–Crippen MR) is 38.4 cm³/mol. The van der Waals surface area contributed by atoms with Crippen molar-refractivity contribution in [3.05, 3.63) is 0 Å². The van der Waals surface area contributed by atoms with Crippen LogP contribution in [-0.2, 0) is 9.47 Å². The maximum atomic E-state index is 12.6. The fourth-order valence-corrected chi connectivity index (χ4v) is 0.604. The number of alkyl halides is 8. The van der Waals surface area contributed by atoms with Gasteiger partial charge in [0.15, 0.2) is 0 Å². The zero-order valence-corrected chi connectivity index (χ0v) is 8.33. The molecule has 0 rings (SSSR count). The Morgan fingerprint density at radius 3 is 1.82 bits per heavy atom. The second-order valence-electron chi connectivity index (χ2n) is 2.82. The summed E-state index contributed by atoms with van der Waals surface area (Å²) >= 11 is 0. The molecule has 17 heavy (non-hydrogen) atoms. The molecule has 0 N–H and O–H groups in total. The molecular formula is C7H8F8O2. The molecule has 0 radical (unpaired) electrons. The van der Waals surface area contributed by atoms with Crippen LogP contribution in [0.3, 0.4) is 0 Å². The minimum absolute atomic E-state index is 0.392. The molecule has 0 fully saturated rings. The largest absolute Gasteiger partial charge is 0.426 e. The molecule has 10 heteroatoms. The highest BCUT2D eigenvalue weighted by Gasteiger charge is 2.64. The van der Waals surface area contributed by atoms with Crippen LogP contribution in [0.25, 0.3) is 0 Å². The van der Waals surface area contributed by atoms with E-state index >= 15 is 0 Å². The van der Waals surface area contributed by atoms with Crippen molar-refractivity contribution in [2.24, 2.45) is 0 Å². The lowest BCUT2D eigenvalue weighted by Crippen LogP contribution is -2.51. The maximum absolute atomic E-state index is 12.6. The molecule has 0 aliphatic heterocycles. The lowest BCUT2D eigenvalue weighted by molar-refractivity contribution is -0.452. The molecule has 0 saturated heterocycles. The smallest absolute Gasteiger partial charge is 0.375 e. The highest BCUT2D eigenvalue weighted by Crippen LogP contribution is 2.41. The number of hydrogen-bond acceptors (Lipinski definition) is 2. The second-order valence-corrected chi connectivity index (χ2v) is 2.82. The van der Waals surface area contributed by atoms with Gasteiger partial charge in [-0.2, -0.15) is 26.3 Å². The molecular weight excluding hydrogens is 268 g/mol. The van der Waals surface area contributed by atoms with Crippen LogP contribution in [0.2, 0.25) is 0 Å². The average Bonchev–Trinajstić information content (AvgIpc) is 2.12. The third kappa shape index (κ3) is 4.26. The monoisotopic (exact) mass is 276 g/mol. The summed E-state index contributed by atoms with van der Waals surface area (Å²) in [6.07, 6.45) is -16.1. The second kappa shape index (κ2) is 5.34. The highest BCUT2D eigenvalue weighted by atomic mass is 19.3. The third-order valence-electron chi connectivity index (χ3n) is 1.43. The molecule has 0 aromatic rings. The molecule has 0 aromatic carbocycles. The zero-order chi connectivity index (χ0) is 13.9. The number of halogens is 8. The number of hydrogen-bond donors (Lipinski definition) is 0. The van der Waals surface area contributed by atoms with Gasteiger partial charge in [0.1, 0.15) is 6.61 Å². The summed E-state index contributed by atoms with van der Waals surface area (Å²) in [4.78, 5) is 0.